The summed E-state index contributed by atoms with van der Waals surface area (Å²) in [6, 6.07) is 0. The number of hydrogen-bond donors (Lipinski definition) is 0. The Labute approximate surface area is 81.7 Å². The zero-order chi connectivity index (χ0) is 10.3. The summed E-state index contributed by atoms with van der Waals surface area (Å²) in [5.41, 5.74) is 0. The van der Waals surface area contributed by atoms with E-state index in [1.807, 2.05) is 13.8 Å². The summed E-state index contributed by atoms with van der Waals surface area (Å²) in [5, 5.41) is 0. The van der Waals surface area contributed by atoms with Crippen LogP contribution in [0.5, 0.6) is 0 Å². The number of carbonyl (C=O) groups is 1. The highest BCUT2D eigenvalue weighted by Gasteiger charge is 2.07. The Balaban J connectivity index is 3.45. The summed E-state index contributed by atoms with van der Waals surface area (Å²) in [6.07, 6.45) is 2.80. The topological polar surface area (TPSA) is 26.3 Å². The average molecular weight is 186 g/mol. The van der Waals surface area contributed by atoms with Crippen LogP contribution in [0.25, 0.3) is 0 Å². The molecule has 0 bridgehead atoms. The molecular weight excluding hydrogens is 164 g/mol. The van der Waals surface area contributed by atoms with Crippen molar-refractivity contribution in [2.75, 3.05) is 6.61 Å². The molecule has 1 atom stereocenters. The maximum Gasteiger partial charge on any atom is 0.158 e. The predicted molar refractivity (Wildman–Crippen MR) is 54.8 cm³/mol. The lowest BCUT2D eigenvalue weighted by molar-refractivity contribution is -0.125. The minimum absolute atomic E-state index is 0.209. The molecule has 0 saturated heterocycles. The van der Waals surface area contributed by atoms with Crippen LogP contribution in [-0.2, 0) is 9.53 Å². The van der Waals surface area contributed by atoms with Gasteiger partial charge in [-0.25, -0.2) is 0 Å². The third-order valence-corrected chi connectivity index (χ3v) is 1.86. The fourth-order valence-electron chi connectivity index (χ4n) is 1.32. The molecule has 0 aliphatic heterocycles. The fourth-order valence-corrected chi connectivity index (χ4v) is 1.32. The second-order valence-electron chi connectivity index (χ2n) is 4.04. The molecule has 0 amide bonds. The van der Waals surface area contributed by atoms with Gasteiger partial charge in [0.15, 0.2) is 5.78 Å². The summed E-state index contributed by atoms with van der Waals surface area (Å²) < 4.78 is 5.42. The van der Waals surface area contributed by atoms with E-state index in [-0.39, 0.29) is 11.9 Å². The first kappa shape index (κ1) is 12.6. The van der Waals surface area contributed by atoms with E-state index >= 15 is 0 Å². The van der Waals surface area contributed by atoms with Crippen LogP contribution in [0.4, 0.5) is 0 Å². The van der Waals surface area contributed by atoms with Crippen LogP contribution in [0.1, 0.15) is 47.0 Å². The number of hydrogen-bond acceptors (Lipinski definition) is 2. The number of ether oxygens (including phenoxy) is 1. The molecule has 0 fully saturated rings. The highest BCUT2D eigenvalue weighted by atomic mass is 16.5. The van der Waals surface area contributed by atoms with Crippen LogP contribution in [0.2, 0.25) is 0 Å². The van der Waals surface area contributed by atoms with Crippen molar-refractivity contribution in [3.63, 3.8) is 0 Å². The number of ketones is 1. The largest absolute Gasteiger partial charge is 0.371 e. The molecular formula is C11H22O2. The summed E-state index contributed by atoms with van der Waals surface area (Å²) in [6.45, 7) is 8.65. The zero-order valence-electron chi connectivity index (χ0n) is 9.30. The number of carbonyl (C=O) groups excluding carboxylic acids is 1. The van der Waals surface area contributed by atoms with Gasteiger partial charge in [0.1, 0.15) is 6.61 Å². The quantitative estimate of drug-likeness (QED) is 0.611. The van der Waals surface area contributed by atoms with Gasteiger partial charge in [-0.15, -0.1) is 0 Å². The molecule has 2 nitrogen and oxygen atoms in total. The van der Waals surface area contributed by atoms with E-state index in [0.717, 1.165) is 12.8 Å². The van der Waals surface area contributed by atoms with Gasteiger partial charge in [-0.05, 0) is 25.7 Å². The molecule has 0 heterocycles. The van der Waals surface area contributed by atoms with Crippen LogP contribution in [0.3, 0.4) is 0 Å². The molecule has 0 aliphatic rings. The Morgan fingerprint density at radius 2 is 1.92 bits per heavy atom. The van der Waals surface area contributed by atoms with E-state index in [4.69, 9.17) is 4.74 Å². The van der Waals surface area contributed by atoms with Gasteiger partial charge in [0.05, 0.1) is 6.10 Å². The molecule has 0 aromatic carbocycles. The normalized spacial score (nSPS) is 13.3. The first-order valence-corrected chi connectivity index (χ1v) is 5.19. The molecule has 0 saturated carbocycles. The molecule has 1 unspecified atom stereocenters. The summed E-state index contributed by atoms with van der Waals surface area (Å²) in [7, 11) is 0. The van der Waals surface area contributed by atoms with Crippen molar-refractivity contribution in [3.05, 3.63) is 0 Å². The van der Waals surface area contributed by atoms with Gasteiger partial charge in [0.2, 0.25) is 0 Å². The Bertz CT molecular complexity index is 141. The lowest BCUT2D eigenvalue weighted by atomic mass is 10.1. The van der Waals surface area contributed by atoms with Crippen molar-refractivity contribution in [3.8, 4) is 0 Å². The minimum atomic E-state index is 0.209. The number of rotatable bonds is 7. The van der Waals surface area contributed by atoms with Crippen LogP contribution >= 0.6 is 0 Å². The monoisotopic (exact) mass is 186 g/mol. The second-order valence-corrected chi connectivity index (χ2v) is 4.04. The molecule has 0 aromatic rings. The third-order valence-electron chi connectivity index (χ3n) is 1.86. The lowest BCUT2D eigenvalue weighted by Gasteiger charge is -2.14. The smallest absolute Gasteiger partial charge is 0.158 e. The summed E-state index contributed by atoms with van der Waals surface area (Å²) in [4.78, 5) is 11.1. The Morgan fingerprint density at radius 1 is 1.31 bits per heavy atom. The minimum Gasteiger partial charge on any atom is -0.371 e. The maximum atomic E-state index is 11.1. The average Bonchev–Trinajstić information content (AvgIpc) is 2.00. The van der Waals surface area contributed by atoms with Crippen molar-refractivity contribution < 1.29 is 9.53 Å². The summed E-state index contributed by atoms with van der Waals surface area (Å²) >= 11 is 0. The second kappa shape index (κ2) is 7.07. The molecule has 78 valence electrons. The summed E-state index contributed by atoms with van der Waals surface area (Å²) in [5.74, 6) is 0.856. The SMILES string of the molecule is CCCC(=O)COC(C)CC(C)C. The van der Waals surface area contributed by atoms with Crippen LogP contribution < -0.4 is 0 Å². The van der Waals surface area contributed by atoms with Gasteiger partial charge in [0, 0.05) is 6.42 Å². The van der Waals surface area contributed by atoms with E-state index in [1.54, 1.807) is 0 Å². The first-order valence-electron chi connectivity index (χ1n) is 5.19. The van der Waals surface area contributed by atoms with Crippen LogP contribution in [0.15, 0.2) is 0 Å². The van der Waals surface area contributed by atoms with Gasteiger partial charge in [0.25, 0.3) is 0 Å². The predicted octanol–water partition coefficient (Wildman–Crippen LogP) is 2.81. The van der Waals surface area contributed by atoms with E-state index in [2.05, 4.69) is 13.8 Å². The molecule has 0 aromatic heterocycles. The van der Waals surface area contributed by atoms with Gasteiger partial charge < -0.3 is 4.74 Å². The molecule has 0 aliphatic carbocycles. The third kappa shape index (κ3) is 7.97. The highest BCUT2D eigenvalue weighted by Crippen LogP contribution is 2.07. The maximum absolute atomic E-state index is 11.1. The van der Waals surface area contributed by atoms with Crippen LogP contribution in [-0.4, -0.2) is 18.5 Å². The van der Waals surface area contributed by atoms with Gasteiger partial charge in [-0.2, -0.15) is 0 Å². The molecule has 13 heavy (non-hydrogen) atoms. The van der Waals surface area contributed by atoms with Crippen molar-refractivity contribution in [1.29, 1.82) is 0 Å². The molecule has 0 rings (SSSR count). The Hall–Kier alpha value is -0.370. The van der Waals surface area contributed by atoms with Crippen LogP contribution in [0, 0.1) is 5.92 Å². The van der Waals surface area contributed by atoms with Gasteiger partial charge in [-0.3, -0.25) is 4.79 Å². The first-order chi connectivity index (χ1) is 6.06. The van der Waals surface area contributed by atoms with Gasteiger partial charge >= 0.3 is 0 Å². The van der Waals surface area contributed by atoms with E-state index in [9.17, 15) is 4.79 Å². The van der Waals surface area contributed by atoms with E-state index < -0.39 is 0 Å². The van der Waals surface area contributed by atoms with Crippen molar-refractivity contribution in [1.82, 2.24) is 0 Å². The lowest BCUT2D eigenvalue weighted by Crippen LogP contribution is -2.17. The van der Waals surface area contributed by atoms with Crippen molar-refractivity contribution >= 4 is 5.78 Å². The van der Waals surface area contributed by atoms with E-state index in [0.29, 0.717) is 18.9 Å². The van der Waals surface area contributed by atoms with Crippen molar-refractivity contribution in [2.45, 2.75) is 53.1 Å². The standard InChI is InChI=1S/C11H22O2/c1-5-6-11(12)8-13-10(4)7-9(2)3/h9-10H,5-8H2,1-4H3. The molecule has 0 radical (unpaired) electrons. The Morgan fingerprint density at radius 3 is 2.38 bits per heavy atom. The zero-order valence-corrected chi connectivity index (χ0v) is 9.30. The molecule has 2 heteroatoms. The fraction of sp³-hybridized carbons (Fsp3) is 0.909. The molecule has 0 spiro atoms. The Kier molecular flexibility index (Phi) is 6.87. The van der Waals surface area contributed by atoms with Gasteiger partial charge in [-0.1, -0.05) is 20.8 Å². The highest BCUT2D eigenvalue weighted by molar-refractivity contribution is 5.79. The number of Topliss-reactive ketones (excluding diaryl/α,β-unsaturated/α-hetero) is 1. The van der Waals surface area contributed by atoms with Crippen molar-refractivity contribution in [2.24, 2.45) is 5.92 Å². The molecule has 0 N–H and O–H groups in total. The van der Waals surface area contributed by atoms with E-state index in [1.165, 1.54) is 0 Å².